The summed E-state index contributed by atoms with van der Waals surface area (Å²) in [5.74, 6) is 0. The van der Waals surface area contributed by atoms with Crippen molar-refractivity contribution in [2.45, 2.75) is 39.7 Å². The average molecular weight is 159 g/mol. The Bertz CT molecular complexity index is 76.0. The fraction of sp³-hybridized carbons (Fsp3) is 1.00. The van der Waals surface area contributed by atoms with Crippen molar-refractivity contribution in [2.75, 3.05) is 19.8 Å². The molecule has 0 saturated carbocycles. The Balaban J connectivity index is 2.89. The fourth-order valence-electron chi connectivity index (χ4n) is 0.811. The van der Waals surface area contributed by atoms with Gasteiger partial charge in [0.1, 0.15) is 0 Å². The molecule has 0 aromatic carbocycles. The molecular weight excluding hydrogens is 138 g/mol. The van der Waals surface area contributed by atoms with Gasteiger partial charge in [-0.1, -0.05) is 6.92 Å². The lowest BCUT2D eigenvalue weighted by Crippen LogP contribution is -2.26. The van der Waals surface area contributed by atoms with Crippen molar-refractivity contribution in [1.29, 1.82) is 0 Å². The van der Waals surface area contributed by atoms with E-state index in [1.54, 1.807) is 0 Å². The summed E-state index contributed by atoms with van der Waals surface area (Å²) in [5, 5.41) is 3.41. The molecule has 0 aliphatic rings. The first kappa shape index (κ1) is 10.9. The molecule has 2 heteroatoms. The lowest BCUT2D eigenvalue weighted by atomic mass is 10.2. The third-order valence-corrected chi connectivity index (χ3v) is 1.77. The van der Waals surface area contributed by atoms with Gasteiger partial charge in [-0.05, 0) is 33.2 Å². The Morgan fingerprint density at radius 3 is 2.64 bits per heavy atom. The van der Waals surface area contributed by atoms with E-state index in [4.69, 9.17) is 4.74 Å². The van der Waals surface area contributed by atoms with Crippen LogP contribution < -0.4 is 5.32 Å². The van der Waals surface area contributed by atoms with Crippen LogP contribution in [0.3, 0.4) is 0 Å². The van der Waals surface area contributed by atoms with Gasteiger partial charge in [0.05, 0.1) is 0 Å². The van der Waals surface area contributed by atoms with Gasteiger partial charge in [-0.3, -0.25) is 0 Å². The zero-order valence-electron chi connectivity index (χ0n) is 8.02. The third kappa shape index (κ3) is 7.82. The van der Waals surface area contributed by atoms with Gasteiger partial charge in [-0.25, -0.2) is 0 Å². The minimum atomic E-state index is 0.650. The molecule has 0 aliphatic carbocycles. The Morgan fingerprint density at radius 1 is 1.36 bits per heavy atom. The highest BCUT2D eigenvalue weighted by Gasteiger charge is 1.94. The van der Waals surface area contributed by atoms with Crippen molar-refractivity contribution in [3.63, 3.8) is 0 Å². The van der Waals surface area contributed by atoms with Crippen molar-refractivity contribution in [3.8, 4) is 0 Å². The Morgan fingerprint density at radius 2 is 2.09 bits per heavy atom. The van der Waals surface area contributed by atoms with E-state index < -0.39 is 0 Å². The molecule has 1 N–H and O–H groups in total. The van der Waals surface area contributed by atoms with Gasteiger partial charge in [-0.2, -0.15) is 0 Å². The van der Waals surface area contributed by atoms with E-state index in [-0.39, 0.29) is 0 Å². The Labute approximate surface area is 70.3 Å². The van der Waals surface area contributed by atoms with Crippen molar-refractivity contribution in [3.05, 3.63) is 0 Å². The van der Waals surface area contributed by atoms with Gasteiger partial charge in [0, 0.05) is 19.3 Å². The van der Waals surface area contributed by atoms with Crippen LogP contribution in [-0.4, -0.2) is 25.8 Å². The van der Waals surface area contributed by atoms with Crippen LogP contribution >= 0.6 is 0 Å². The highest BCUT2D eigenvalue weighted by Crippen LogP contribution is 1.88. The van der Waals surface area contributed by atoms with Crippen molar-refractivity contribution in [1.82, 2.24) is 5.32 Å². The summed E-state index contributed by atoms with van der Waals surface area (Å²) in [4.78, 5) is 0. The average Bonchev–Trinajstić information content (AvgIpc) is 2.04. The molecule has 68 valence electrons. The highest BCUT2D eigenvalue weighted by molar-refractivity contribution is 4.56. The molecule has 1 unspecified atom stereocenters. The normalized spacial score (nSPS) is 13.4. The second-order valence-corrected chi connectivity index (χ2v) is 2.81. The van der Waals surface area contributed by atoms with Gasteiger partial charge in [0.15, 0.2) is 0 Å². The molecule has 0 amide bonds. The molecule has 0 rings (SSSR count). The number of ether oxygens (including phenoxy) is 1. The van der Waals surface area contributed by atoms with E-state index in [9.17, 15) is 0 Å². The summed E-state index contributed by atoms with van der Waals surface area (Å²) in [6, 6.07) is 0.650. The van der Waals surface area contributed by atoms with Crippen LogP contribution in [0.4, 0.5) is 0 Å². The first-order valence-corrected chi connectivity index (χ1v) is 4.62. The van der Waals surface area contributed by atoms with Gasteiger partial charge < -0.3 is 10.1 Å². The summed E-state index contributed by atoms with van der Waals surface area (Å²) in [7, 11) is 0. The van der Waals surface area contributed by atoms with Crippen LogP contribution in [0, 0.1) is 0 Å². The van der Waals surface area contributed by atoms with Gasteiger partial charge >= 0.3 is 0 Å². The van der Waals surface area contributed by atoms with E-state index in [1.165, 1.54) is 6.42 Å². The Kier molecular flexibility index (Phi) is 7.96. The maximum absolute atomic E-state index is 5.21. The fourth-order valence-corrected chi connectivity index (χ4v) is 0.811. The predicted octanol–water partition coefficient (Wildman–Crippen LogP) is 1.80. The van der Waals surface area contributed by atoms with Crippen molar-refractivity contribution >= 4 is 0 Å². The zero-order valence-corrected chi connectivity index (χ0v) is 8.02. The van der Waals surface area contributed by atoms with Crippen LogP contribution in [0.2, 0.25) is 0 Å². The van der Waals surface area contributed by atoms with Crippen LogP contribution in [0.25, 0.3) is 0 Å². The molecule has 0 radical (unpaired) electrons. The summed E-state index contributed by atoms with van der Waals surface area (Å²) < 4.78 is 5.21. The molecule has 11 heavy (non-hydrogen) atoms. The Hall–Kier alpha value is -0.0800. The van der Waals surface area contributed by atoms with Crippen molar-refractivity contribution < 1.29 is 4.74 Å². The predicted molar refractivity (Wildman–Crippen MR) is 48.9 cm³/mol. The summed E-state index contributed by atoms with van der Waals surface area (Å²) in [6.45, 7) is 9.24. The van der Waals surface area contributed by atoms with Gasteiger partial charge in [-0.15, -0.1) is 0 Å². The molecule has 0 bridgehead atoms. The number of hydrogen-bond acceptors (Lipinski definition) is 2. The minimum absolute atomic E-state index is 0.650. The second-order valence-electron chi connectivity index (χ2n) is 2.81. The van der Waals surface area contributed by atoms with E-state index in [0.717, 1.165) is 26.2 Å². The summed E-state index contributed by atoms with van der Waals surface area (Å²) in [5.41, 5.74) is 0. The van der Waals surface area contributed by atoms with Crippen LogP contribution in [-0.2, 0) is 4.74 Å². The first-order valence-electron chi connectivity index (χ1n) is 4.62. The van der Waals surface area contributed by atoms with Crippen LogP contribution in [0.1, 0.15) is 33.6 Å². The topological polar surface area (TPSA) is 21.3 Å². The van der Waals surface area contributed by atoms with E-state index in [0.29, 0.717) is 6.04 Å². The molecule has 0 spiro atoms. The molecular formula is C9H21NO. The highest BCUT2D eigenvalue weighted by atomic mass is 16.5. The third-order valence-electron chi connectivity index (χ3n) is 1.77. The lowest BCUT2D eigenvalue weighted by Gasteiger charge is -2.10. The van der Waals surface area contributed by atoms with Crippen LogP contribution in [0.15, 0.2) is 0 Å². The molecule has 0 aromatic heterocycles. The second kappa shape index (κ2) is 8.02. The zero-order chi connectivity index (χ0) is 8.53. The maximum Gasteiger partial charge on any atom is 0.0477 e. The van der Waals surface area contributed by atoms with E-state index >= 15 is 0 Å². The maximum atomic E-state index is 5.21. The lowest BCUT2D eigenvalue weighted by molar-refractivity contribution is 0.144. The summed E-state index contributed by atoms with van der Waals surface area (Å²) >= 11 is 0. The van der Waals surface area contributed by atoms with E-state index in [1.807, 2.05) is 6.92 Å². The number of rotatable bonds is 7. The quantitative estimate of drug-likeness (QED) is 0.572. The molecule has 2 nitrogen and oxygen atoms in total. The molecule has 0 heterocycles. The SMILES string of the molecule is CCOCCCNC(C)CC. The summed E-state index contributed by atoms with van der Waals surface area (Å²) in [6.07, 6.45) is 2.33. The van der Waals surface area contributed by atoms with Crippen molar-refractivity contribution in [2.24, 2.45) is 0 Å². The minimum Gasteiger partial charge on any atom is -0.382 e. The van der Waals surface area contributed by atoms with Gasteiger partial charge in [0.25, 0.3) is 0 Å². The first-order chi connectivity index (χ1) is 5.31. The number of nitrogens with one attached hydrogen (secondary N) is 1. The molecule has 0 aliphatic heterocycles. The standard InChI is InChI=1S/C9H21NO/c1-4-9(3)10-7-6-8-11-5-2/h9-10H,4-8H2,1-3H3. The monoisotopic (exact) mass is 159 g/mol. The smallest absolute Gasteiger partial charge is 0.0477 e. The molecule has 0 saturated heterocycles. The molecule has 0 fully saturated rings. The van der Waals surface area contributed by atoms with Gasteiger partial charge in [0.2, 0.25) is 0 Å². The molecule has 1 atom stereocenters. The van der Waals surface area contributed by atoms with Crippen LogP contribution in [0.5, 0.6) is 0 Å². The van der Waals surface area contributed by atoms with E-state index in [2.05, 4.69) is 19.2 Å². The number of hydrogen-bond donors (Lipinski definition) is 1. The molecule has 0 aromatic rings. The largest absolute Gasteiger partial charge is 0.382 e.